The molecule has 0 spiro atoms. The molecule has 7 rings (SSSR count). The summed E-state index contributed by atoms with van der Waals surface area (Å²) in [4.78, 5) is 5.19. The van der Waals surface area contributed by atoms with Crippen LogP contribution in [0, 0.1) is 11.8 Å². The maximum absolute atomic E-state index is 12.6. The third kappa shape index (κ3) is 9.90. The van der Waals surface area contributed by atoms with Crippen molar-refractivity contribution in [3.8, 4) is 23.1 Å². The van der Waals surface area contributed by atoms with E-state index in [9.17, 15) is 8.42 Å². The van der Waals surface area contributed by atoms with E-state index in [1.807, 2.05) is 54.6 Å². The highest BCUT2D eigenvalue weighted by molar-refractivity contribution is 7.88. The first-order valence-corrected chi connectivity index (χ1v) is 21.2. The molecule has 2 fully saturated rings. The molecular weight excluding hydrogens is 727 g/mol. The Balaban J connectivity index is 1.02. The summed E-state index contributed by atoms with van der Waals surface area (Å²) in [6.07, 6.45) is 5.32. The van der Waals surface area contributed by atoms with Crippen LogP contribution in [0.15, 0.2) is 66.7 Å². The zero-order valence-corrected chi connectivity index (χ0v) is 32.7. The lowest BCUT2D eigenvalue weighted by atomic mass is 10.0. The number of sulfonamides is 1. The van der Waals surface area contributed by atoms with Crippen molar-refractivity contribution in [2.24, 2.45) is 0 Å². The number of benzene rings is 3. The van der Waals surface area contributed by atoms with Gasteiger partial charge >= 0.3 is 0 Å². The summed E-state index contributed by atoms with van der Waals surface area (Å²) in [5.41, 5.74) is 7.72. The van der Waals surface area contributed by atoms with Gasteiger partial charge in [-0.05, 0) is 86.4 Å². The van der Waals surface area contributed by atoms with Crippen molar-refractivity contribution in [2.45, 2.75) is 57.9 Å². The number of hydrogen-bond acceptors (Lipinski definition) is 7. The topological polar surface area (TPSA) is 82.9 Å². The van der Waals surface area contributed by atoms with E-state index in [0.29, 0.717) is 36.1 Å². The molecule has 0 atom stereocenters. The second-order valence-electron chi connectivity index (χ2n) is 14.3. The van der Waals surface area contributed by atoms with Gasteiger partial charge < -0.3 is 15.0 Å². The minimum atomic E-state index is -3.35. The average Bonchev–Trinajstić information content (AvgIpc) is 3.54. The summed E-state index contributed by atoms with van der Waals surface area (Å²) < 4.78 is 34.5. The van der Waals surface area contributed by atoms with Gasteiger partial charge in [0.15, 0.2) is 0 Å². The molecule has 0 saturated carbocycles. The van der Waals surface area contributed by atoms with Crippen LogP contribution in [0.1, 0.15) is 52.8 Å². The fourth-order valence-electron chi connectivity index (χ4n) is 7.63. The molecule has 0 unspecified atom stereocenters. The van der Waals surface area contributed by atoms with Gasteiger partial charge in [-0.15, -0.1) is 0 Å². The van der Waals surface area contributed by atoms with Gasteiger partial charge in [0.25, 0.3) is 0 Å². The molecule has 0 radical (unpaired) electrons. The van der Waals surface area contributed by atoms with E-state index >= 15 is 0 Å². The number of hydrogen-bond donors (Lipinski definition) is 1. The Bertz CT molecular complexity index is 2030. The van der Waals surface area contributed by atoms with Crippen LogP contribution in [0.2, 0.25) is 10.0 Å². The highest BCUT2D eigenvalue weighted by atomic mass is 35.5. The Hall–Kier alpha value is -3.24. The standard InChI is InChI=1S/C41H48Cl2N6O3S/c1-53(50,51)48-22-17-40-38(30-48)41(45-49(40)19-2-18-46-20-15-37(16-21-46)47-23-25-52-26-24-47)35-11-14-39(43)34(27-35)10-7-31-3-5-32(6-4-31)28-44-29-33-8-12-36(42)13-9-33/h3-6,8-9,11-14,27,37,44H,2,15-26,28-30H2,1H3. The SMILES string of the molecule is CS(=O)(=O)N1CCc2c(c(-c3ccc(Cl)c(C#Cc4ccc(CNCc5ccc(Cl)cc5)cc4)c3)nn2CCCN2CCC(N3CCOCC3)CC2)C1. The summed E-state index contributed by atoms with van der Waals surface area (Å²) in [7, 11) is -3.35. The van der Waals surface area contributed by atoms with E-state index in [0.717, 1.165) is 105 Å². The van der Waals surface area contributed by atoms with Crippen LogP contribution in [0.4, 0.5) is 0 Å². The van der Waals surface area contributed by atoms with Gasteiger partial charge in [-0.3, -0.25) is 9.58 Å². The number of aryl methyl sites for hydroxylation is 1. The van der Waals surface area contributed by atoms with Crippen molar-refractivity contribution >= 4 is 33.2 Å². The van der Waals surface area contributed by atoms with E-state index in [1.54, 1.807) is 4.31 Å². The highest BCUT2D eigenvalue weighted by Gasteiger charge is 2.30. The lowest BCUT2D eigenvalue weighted by Crippen LogP contribution is -2.49. The van der Waals surface area contributed by atoms with Crippen LogP contribution < -0.4 is 5.32 Å². The first-order chi connectivity index (χ1) is 25.7. The number of aromatic nitrogens is 2. The fourth-order valence-corrected chi connectivity index (χ4v) is 8.71. The molecule has 0 aliphatic carbocycles. The van der Waals surface area contributed by atoms with E-state index in [4.69, 9.17) is 33.0 Å². The van der Waals surface area contributed by atoms with Gasteiger partial charge in [-0.2, -0.15) is 9.40 Å². The second-order valence-corrected chi connectivity index (χ2v) is 17.1. The Morgan fingerprint density at radius 2 is 1.57 bits per heavy atom. The number of fused-ring (bicyclic) bond motifs is 1. The van der Waals surface area contributed by atoms with Crippen LogP contribution in [-0.2, 0) is 47.4 Å². The number of rotatable bonds is 11. The normalized spacial score (nSPS) is 17.7. The van der Waals surface area contributed by atoms with Gasteiger partial charge in [0.2, 0.25) is 10.0 Å². The van der Waals surface area contributed by atoms with E-state index in [1.165, 1.54) is 30.2 Å². The summed E-state index contributed by atoms with van der Waals surface area (Å²) in [5, 5.41) is 9.90. The summed E-state index contributed by atoms with van der Waals surface area (Å²) >= 11 is 12.7. The predicted octanol–water partition coefficient (Wildman–Crippen LogP) is 6.05. The Labute approximate surface area is 324 Å². The average molecular weight is 776 g/mol. The molecule has 0 amide bonds. The molecule has 3 aromatic carbocycles. The third-order valence-corrected chi connectivity index (χ3v) is 12.5. The monoisotopic (exact) mass is 774 g/mol. The van der Waals surface area contributed by atoms with Gasteiger partial charge in [0, 0.05) is 91.2 Å². The largest absolute Gasteiger partial charge is 0.379 e. The lowest BCUT2D eigenvalue weighted by Gasteiger charge is -2.40. The first-order valence-electron chi connectivity index (χ1n) is 18.6. The molecule has 3 aliphatic rings. The van der Waals surface area contributed by atoms with Crippen molar-refractivity contribution in [3.05, 3.63) is 110 Å². The summed E-state index contributed by atoms with van der Waals surface area (Å²) in [6, 6.07) is 22.5. The smallest absolute Gasteiger partial charge is 0.211 e. The molecule has 0 bridgehead atoms. The van der Waals surface area contributed by atoms with Crippen molar-refractivity contribution < 1.29 is 13.2 Å². The molecule has 1 aromatic heterocycles. The number of likely N-dealkylation sites (tertiary alicyclic amines) is 1. The lowest BCUT2D eigenvalue weighted by molar-refractivity contribution is 0.000753. The van der Waals surface area contributed by atoms with Crippen molar-refractivity contribution in [1.82, 2.24) is 29.2 Å². The number of halogens is 2. The highest BCUT2D eigenvalue weighted by Crippen LogP contribution is 2.33. The molecule has 1 N–H and O–H groups in total. The van der Waals surface area contributed by atoms with Gasteiger partial charge in [0.1, 0.15) is 0 Å². The van der Waals surface area contributed by atoms with Gasteiger partial charge in [0.05, 0.1) is 30.2 Å². The molecule has 280 valence electrons. The van der Waals surface area contributed by atoms with Crippen LogP contribution in [0.3, 0.4) is 0 Å². The fraction of sp³-hybridized carbons (Fsp3) is 0.439. The Morgan fingerprint density at radius 1 is 0.868 bits per heavy atom. The van der Waals surface area contributed by atoms with Gasteiger partial charge in [-0.25, -0.2) is 8.42 Å². The number of piperidine rings is 1. The van der Waals surface area contributed by atoms with Crippen LogP contribution >= 0.6 is 23.2 Å². The van der Waals surface area contributed by atoms with E-state index in [-0.39, 0.29) is 0 Å². The number of ether oxygens (including phenoxy) is 1. The number of nitrogens with one attached hydrogen (secondary N) is 1. The van der Waals surface area contributed by atoms with Crippen molar-refractivity contribution in [2.75, 3.05) is 58.7 Å². The van der Waals surface area contributed by atoms with Gasteiger partial charge in [-0.1, -0.05) is 65.4 Å². The van der Waals surface area contributed by atoms with Crippen molar-refractivity contribution in [3.63, 3.8) is 0 Å². The van der Waals surface area contributed by atoms with E-state index in [2.05, 4.69) is 43.8 Å². The third-order valence-electron chi connectivity index (χ3n) is 10.6. The number of nitrogens with zero attached hydrogens (tertiary/aromatic N) is 5. The number of morpholine rings is 1. The zero-order chi connectivity index (χ0) is 36.8. The summed E-state index contributed by atoms with van der Waals surface area (Å²) in [5.74, 6) is 6.55. The Kier molecular flexibility index (Phi) is 12.6. The molecular formula is C41H48Cl2N6O3S. The molecule has 53 heavy (non-hydrogen) atoms. The molecule has 4 aromatic rings. The molecule has 9 nitrogen and oxygen atoms in total. The zero-order valence-electron chi connectivity index (χ0n) is 30.4. The first kappa shape index (κ1) is 38.1. The Morgan fingerprint density at radius 3 is 2.26 bits per heavy atom. The van der Waals surface area contributed by atoms with Crippen molar-refractivity contribution in [1.29, 1.82) is 0 Å². The molecule has 4 heterocycles. The molecule has 2 saturated heterocycles. The second kappa shape index (κ2) is 17.5. The maximum atomic E-state index is 12.6. The van der Waals surface area contributed by atoms with Crippen LogP contribution in [-0.4, -0.2) is 97.1 Å². The van der Waals surface area contributed by atoms with Crippen LogP contribution in [0.5, 0.6) is 0 Å². The minimum absolute atomic E-state index is 0.309. The van der Waals surface area contributed by atoms with E-state index < -0.39 is 10.0 Å². The maximum Gasteiger partial charge on any atom is 0.211 e. The molecule has 12 heteroatoms. The predicted molar refractivity (Wildman–Crippen MR) is 213 cm³/mol. The quantitative estimate of drug-likeness (QED) is 0.186. The summed E-state index contributed by atoms with van der Waals surface area (Å²) in [6.45, 7) is 10.1. The van der Waals surface area contributed by atoms with Crippen LogP contribution in [0.25, 0.3) is 11.3 Å². The minimum Gasteiger partial charge on any atom is -0.379 e. The molecule has 3 aliphatic heterocycles.